The molecule has 1 atom stereocenters. The molecule has 0 bridgehead atoms. The molecule has 0 saturated carbocycles. The van der Waals surface area contributed by atoms with Crippen molar-refractivity contribution >= 4 is 16.0 Å². The smallest absolute Gasteiger partial charge is 0.417 e. The van der Waals surface area contributed by atoms with Gasteiger partial charge in [-0.2, -0.15) is 13.2 Å². The number of sulfonamides is 1. The van der Waals surface area contributed by atoms with Crippen LogP contribution in [0, 0.1) is 5.82 Å². The van der Waals surface area contributed by atoms with E-state index in [2.05, 4.69) is 9.46 Å². The van der Waals surface area contributed by atoms with Crippen molar-refractivity contribution in [2.24, 2.45) is 0 Å². The standard InChI is InChI=1S/C23H27F4NO4S/c1-32-22(29)12-6-4-2-3-5-10-20(17-13-15-18(24)16-14-17)28-33(30,31)21-11-8-7-9-19(21)23(25,26)27/h7-9,11,13-16,20,28H,2-6,10,12H2,1H3. The number of halogens is 4. The van der Waals surface area contributed by atoms with E-state index in [4.69, 9.17) is 0 Å². The molecule has 0 amide bonds. The van der Waals surface area contributed by atoms with Gasteiger partial charge in [-0.1, -0.05) is 49.9 Å². The molecule has 0 radical (unpaired) electrons. The number of unbranched alkanes of at least 4 members (excludes halogenated alkanes) is 4. The van der Waals surface area contributed by atoms with Crippen LogP contribution in [0.3, 0.4) is 0 Å². The summed E-state index contributed by atoms with van der Waals surface area (Å²) >= 11 is 0. The van der Waals surface area contributed by atoms with Crippen LogP contribution in [0.1, 0.15) is 62.1 Å². The van der Waals surface area contributed by atoms with Crippen LogP contribution in [-0.4, -0.2) is 21.5 Å². The molecule has 0 aliphatic rings. The summed E-state index contributed by atoms with van der Waals surface area (Å²) in [5, 5.41) is 0. The monoisotopic (exact) mass is 489 g/mol. The van der Waals surface area contributed by atoms with Crippen molar-refractivity contribution in [3.05, 3.63) is 65.5 Å². The number of ether oxygens (including phenoxy) is 1. The quantitative estimate of drug-likeness (QED) is 0.234. The summed E-state index contributed by atoms with van der Waals surface area (Å²) in [6.45, 7) is 0. The average molecular weight is 490 g/mol. The van der Waals surface area contributed by atoms with Crippen LogP contribution in [0.5, 0.6) is 0 Å². The maximum Gasteiger partial charge on any atom is 0.417 e. The first-order valence-corrected chi connectivity index (χ1v) is 12.0. The predicted octanol–water partition coefficient (Wildman–Crippen LogP) is 5.77. The molecule has 0 aliphatic carbocycles. The Labute approximate surface area is 191 Å². The fraction of sp³-hybridized carbons (Fsp3) is 0.435. The Morgan fingerprint density at radius 1 is 0.970 bits per heavy atom. The van der Waals surface area contributed by atoms with Crippen LogP contribution in [0.2, 0.25) is 0 Å². The summed E-state index contributed by atoms with van der Waals surface area (Å²) in [5.74, 6) is -0.784. The van der Waals surface area contributed by atoms with Gasteiger partial charge in [0.25, 0.3) is 0 Å². The van der Waals surface area contributed by atoms with Gasteiger partial charge in [0.05, 0.1) is 17.6 Å². The summed E-state index contributed by atoms with van der Waals surface area (Å²) in [7, 11) is -3.18. The Balaban J connectivity index is 2.11. The minimum Gasteiger partial charge on any atom is -0.469 e. The van der Waals surface area contributed by atoms with Crippen molar-refractivity contribution < 1.29 is 35.5 Å². The molecule has 2 aromatic carbocycles. The maximum atomic E-state index is 13.3. The van der Waals surface area contributed by atoms with Crippen molar-refractivity contribution in [3.8, 4) is 0 Å². The maximum absolute atomic E-state index is 13.3. The lowest BCUT2D eigenvalue weighted by Gasteiger charge is -2.21. The highest BCUT2D eigenvalue weighted by Crippen LogP contribution is 2.34. The highest BCUT2D eigenvalue weighted by atomic mass is 32.2. The number of benzene rings is 2. The second-order valence-corrected chi connectivity index (χ2v) is 9.28. The van der Waals surface area contributed by atoms with Crippen molar-refractivity contribution in [3.63, 3.8) is 0 Å². The van der Waals surface area contributed by atoms with Gasteiger partial charge < -0.3 is 4.74 Å². The van der Waals surface area contributed by atoms with Crippen LogP contribution in [0.4, 0.5) is 17.6 Å². The number of carbonyl (C=O) groups excluding carboxylic acids is 1. The summed E-state index contributed by atoms with van der Waals surface area (Å²) < 4.78 is 86.1. The summed E-state index contributed by atoms with van der Waals surface area (Å²) in [5.41, 5.74) is -0.795. The zero-order chi connectivity index (χ0) is 24.5. The lowest BCUT2D eigenvalue weighted by molar-refractivity contribution is -0.141. The molecule has 1 unspecified atom stereocenters. The largest absolute Gasteiger partial charge is 0.469 e. The zero-order valence-corrected chi connectivity index (χ0v) is 19.0. The highest BCUT2D eigenvalue weighted by Gasteiger charge is 2.37. The summed E-state index contributed by atoms with van der Waals surface area (Å²) in [6.07, 6.45) is -0.597. The molecule has 5 nitrogen and oxygen atoms in total. The fourth-order valence-corrected chi connectivity index (χ4v) is 4.91. The van der Waals surface area contributed by atoms with Crippen LogP contribution in [-0.2, 0) is 25.7 Å². The first-order valence-electron chi connectivity index (χ1n) is 10.6. The molecule has 1 N–H and O–H groups in total. The topological polar surface area (TPSA) is 72.5 Å². The van der Waals surface area contributed by atoms with Gasteiger partial charge in [-0.15, -0.1) is 0 Å². The molecular weight excluding hydrogens is 462 g/mol. The van der Waals surface area contributed by atoms with Crippen molar-refractivity contribution in [2.45, 2.75) is 62.1 Å². The van der Waals surface area contributed by atoms with Gasteiger partial charge in [-0.05, 0) is 42.7 Å². The Kier molecular flexibility index (Phi) is 9.85. The zero-order valence-electron chi connectivity index (χ0n) is 18.2. The van der Waals surface area contributed by atoms with Gasteiger partial charge in [0.1, 0.15) is 5.82 Å². The van der Waals surface area contributed by atoms with Gasteiger partial charge in [0.2, 0.25) is 10.0 Å². The Morgan fingerprint density at radius 2 is 1.58 bits per heavy atom. The molecule has 0 heterocycles. The van der Waals surface area contributed by atoms with Gasteiger partial charge in [-0.25, -0.2) is 17.5 Å². The van der Waals surface area contributed by atoms with Gasteiger partial charge >= 0.3 is 12.1 Å². The Morgan fingerprint density at radius 3 is 2.21 bits per heavy atom. The second kappa shape index (κ2) is 12.1. The van der Waals surface area contributed by atoms with Crippen LogP contribution in [0.15, 0.2) is 53.4 Å². The summed E-state index contributed by atoms with van der Waals surface area (Å²) in [6, 6.07) is 8.32. The number of carbonyl (C=O) groups is 1. The van der Waals surface area contributed by atoms with E-state index in [-0.39, 0.29) is 5.97 Å². The van der Waals surface area contributed by atoms with Crippen LogP contribution in [0.25, 0.3) is 0 Å². The Hall–Kier alpha value is -2.46. The van der Waals surface area contributed by atoms with Gasteiger partial charge in [0, 0.05) is 12.5 Å². The van der Waals surface area contributed by atoms with E-state index in [0.717, 1.165) is 37.5 Å². The van der Waals surface area contributed by atoms with Crippen LogP contribution < -0.4 is 4.72 Å². The third-order valence-electron chi connectivity index (χ3n) is 5.15. The van der Waals surface area contributed by atoms with Crippen molar-refractivity contribution in [1.29, 1.82) is 0 Å². The number of hydrogen-bond donors (Lipinski definition) is 1. The van der Waals surface area contributed by atoms with Crippen molar-refractivity contribution in [1.82, 2.24) is 4.72 Å². The van der Waals surface area contributed by atoms with E-state index < -0.39 is 38.5 Å². The number of rotatable bonds is 12. The lowest BCUT2D eigenvalue weighted by atomic mass is 10.0. The molecule has 0 saturated heterocycles. The minimum atomic E-state index is -4.83. The molecule has 0 spiro atoms. The van der Waals surface area contributed by atoms with E-state index in [1.54, 1.807) is 0 Å². The van der Waals surface area contributed by atoms with E-state index >= 15 is 0 Å². The third-order valence-corrected chi connectivity index (χ3v) is 6.68. The number of esters is 1. The molecule has 182 valence electrons. The van der Waals surface area contributed by atoms with Crippen molar-refractivity contribution in [2.75, 3.05) is 7.11 Å². The molecule has 2 rings (SSSR count). The van der Waals surface area contributed by atoms with E-state index in [1.807, 2.05) is 0 Å². The van der Waals surface area contributed by atoms with E-state index in [9.17, 15) is 30.8 Å². The third kappa shape index (κ3) is 8.43. The molecule has 33 heavy (non-hydrogen) atoms. The summed E-state index contributed by atoms with van der Waals surface area (Å²) in [4.78, 5) is 10.3. The molecule has 0 aromatic heterocycles. The SMILES string of the molecule is COC(=O)CCCCCCCC(NS(=O)(=O)c1ccccc1C(F)(F)F)c1ccc(F)cc1. The normalized spacial score (nSPS) is 13.0. The van der Waals surface area contributed by atoms with Gasteiger partial charge in [-0.3, -0.25) is 4.79 Å². The first-order chi connectivity index (χ1) is 15.5. The molecular formula is C23H27F4NO4S. The minimum absolute atomic E-state index is 0.278. The number of alkyl halides is 3. The molecule has 10 heteroatoms. The molecule has 0 aliphatic heterocycles. The number of nitrogens with one attached hydrogen (secondary N) is 1. The average Bonchev–Trinajstić information content (AvgIpc) is 2.77. The highest BCUT2D eigenvalue weighted by molar-refractivity contribution is 7.89. The predicted molar refractivity (Wildman–Crippen MR) is 115 cm³/mol. The van der Waals surface area contributed by atoms with Gasteiger partial charge in [0.15, 0.2) is 0 Å². The first kappa shape index (κ1) is 26.8. The number of methoxy groups -OCH3 is 1. The Bertz CT molecular complexity index is 1010. The fourth-order valence-electron chi connectivity index (χ4n) is 3.42. The molecule has 0 fully saturated rings. The van der Waals surface area contributed by atoms with Crippen LogP contribution >= 0.6 is 0 Å². The van der Waals surface area contributed by atoms with E-state index in [0.29, 0.717) is 31.2 Å². The lowest BCUT2D eigenvalue weighted by Crippen LogP contribution is -2.30. The number of hydrogen-bond acceptors (Lipinski definition) is 4. The molecule has 2 aromatic rings. The van der Waals surface area contributed by atoms with E-state index in [1.165, 1.54) is 37.4 Å². The second-order valence-electron chi connectivity index (χ2n) is 7.60.